The number of benzene rings is 1. The van der Waals surface area contributed by atoms with Crippen LogP contribution in [0, 0.1) is 6.92 Å². The fraction of sp³-hybridized carbons (Fsp3) is 0.0909. The molecule has 0 saturated carbocycles. The van der Waals surface area contributed by atoms with Gasteiger partial charge in [-0.05, 0) is 24.6 Å². The minimum absolute atomic E-state index is 0.578. The lowest BCUT2D eigenvalue weighted by molar-refractivity contribution is 0.548. The van der Waals surface area contributed by atoms with Crippen molar-refractivity contribution in [3.8, 4) is 11.3 Å². The summed E-state index contributed by atoms with van der Waals surface area (Å²) in [6.45, 7) is 1.87. The van der Waals surface area contributed by atoms with Crippen LogP contribution >= 0.6 is 0 Å². The smallest absolute Gasteiger partial charge is 0.134 e. The molecule has 0 aliphatic heterocycles. The fourth-order valence-electron chi connectivity index (χ4n) is 1.40. The number of nitrogens with zero attached hydrogens (tertiary/aromatic N) is 3. The third-order valence-corrected chi connectivity index (χ3v) is 2.06. The van der Waals surface area contributed by atoms with Gasteiger partial charge < -0.3 is 4.42 Å². The summed E-state index contributed by atoms with van der Waals surface area (Å²) in [6, 6.07) is 11.1. The summed E-state index contributed by atoms with van der Waals surface area (Å²) in [5.74, 6) is 1.55. The molecule has 0 radical (unpaired) electrons. The van der Waals surface area contributed by atoms with Crippen LogP contribution in [0.15, 0.2) is 45.9 Å². The Kier molecular flexibility index (Phi) is 2.44. The Morgan fingerprint density at radius 1 is 1.20 bits per heavy atom. The number of furan rings is 1. The van der Waals surface area contributed by atoms with Crippen LogP contribution in [0.5, 0.6) is 0 Å². The van der Waals surface area contributed by atoms with Crippen molar-refractivity contribution in [3.63, 3.8) is 0 Å². The molecule has 4 heteroatoms. The van der Waals surface area contributed by atoms with Crippen molar-refractivity contribution >= 4 is 5.69 Å². The molecule has 0 aliphatic carbocycles. The Balaban J connectivity index is 2.56. The summed E-state index contributed by atoms with van der Waals surface area (Å²) in [6.07, 6.45) is 0. The van der Waals surface area contributed by atoms with Crippen molar-refractivity contribution in [1.82, 2.24) is 0 Å². The quantitative estimate of drug-likeness (QED) is 0.406. The zero-order chi connectivity index (χ0) is 10.7. The van der Waals surface area contributed by atoms with Crippen molar-refractivity contribution in [2.24, 2.45) is 5.11 Å². The molecular formula is C11H9N3O. The van der Waals surface area contributed by atoms with E-state index in [1.807, 2.05) is 37.3 Å². The second kappa shape index (κ2) is 3.90. The molecule has 2 rings (SSSR count). The lowest BCUT2D eigenvalue weighted by Crippen LogP contribution is -1.73. The highest BCUT2D eigenvalue weighted by Gasteiger charge is 2.06. The van der Waals surface area contributed by atoms with Gasteiger partial charge in [-0.2, -0.15) is 0 Å². The van der Waals surface area contributed by atoms with Gasteiger partial charge in [0.25, 0.3) is 0 Å². The molecule has 2 aromatic rings. The molecule has 0 unspecified atom stereocenters. The van der Waals surface area contributed by atoms with Crippen molar-refractivity contribution in [2.75, 3.05) is 0 Å². The predicted molar refractivity (Wildman–Crippen MR) is 57.7 cm³/mol. The first-order chi connectivity index (χ1) is 7.31. The van der Waals surface area contributed by atoms with Gasteiger partial charge in [-0.1, -0.05) is 29.4 Å². The maximum Gasteiger partial charge on any atom is 0.134 e. The monoisotopic (exact) mass is 199 g/mol. The molecule has 4 nitrogen and oxygen atoms in total. The van der Waals surface area contributed by atoms with Crippen LogP contribution in [0.2, 0.25) is 0 Å². The summed E-state index contributed by atoms with van der Waals surface area (Å²) in [5.41, 5.74) is 9.81. The van der Waals surface area contributed by atoms with Crippen LogP contribution in [0.3, 0.4) is 0 Å². The molecule has 0 saturated heterocycles. The standard InChI is InChI=1S/C11H9N3O/c1-8-6-7-11(15-8)9-4-2-3-5-10(9)13-14-12/h2-7H,1H3. The summed E-state index contributed by atoms with van der Waals surface area (Å²) in [5, 5.41) is 3.61. The Bertz CT molecular complexity index is 524. The van der Waals surface area contributed by atoms with E-state index >= 15 is 0 Å². The van der Waals surface area contributed by atoms with Crippen molar-refractivity contribution in [2.45, 2.75) is 6.92 Å². The van der Waals surface area contributed by atoms with Gasteiger partial charge in [0.05, 0.1) is 0 Å². The Hall–Kier alpha value is -2.19. The van der Waals surface area contributed by atoms with Crippen LogP contribution in [0.4, 0.5) is 5.69 Å². The minimum Gasteiger partial charge on any atom is -0.461 e. The van der Waals surface area contributed by atoms with Crippen LogP contribution in [-0.4, -0.2) is 0 Å². The third-order valence-electron chi connectivity index (χ3n) is 2.06. The molecule has 1 aromatic carbocycles. The Morgan fingerprint density at radius 3 is 2.67 bits per heavy atom. The highest BCUT2D eigenvalue weighted by molar-refractivity contribution is 5.72. The number of aryl methyl sites for hydroxylation is 1. The van der Waals surface area contributed by atoms with Crippen LogP contribution in [-0.2, 0) is 0 Å². The first kappa shape index (κ1) is 9.37. The minimum atomic E-state index is 0.578. The molecule has 0 aliphatic rings. The highest BCUT2D eigenvalue weighted by atomic mass is 16.3. The van der Waals surface area contributed by atoms with Gasteiger partial charge in [0.1, 0.15) is 11.5 Å². The number of hydrogen-bond donors (Lipinski definition) is 0. The molecular weight excluding hydrogens is 190 g/mol. The van der Waals surface area contributed by atoms with Crippen molar-refractivity contribution in [3.05, 3.63) is 52.6 Å². The van der Waals surface area contributed by atoms with Gasteiger partial charge in [0.2, 0.25) is 0 Å². The van der Waals surface area contributed by atoms with E-state index in [0.29, 0.717) is 5.69 Å². The van der Waals surface area contributed by atoms with E-state index in [1.54, 1.807) is 6.07 Å². The van der Waals surface area contributed by atoms with E-state index in [9.17, 15) is 0 Å². The van der Waals surface area contributed by atoms with E-state index < -0.39 is 0 Å². The SMILES string of the molecule is Cc1ccc(-c2ccccc2N=[N+]=[N-])o1. The predicted octanol–water partition coefficient (Wildman–Crippen LogP) is 4.20. The van der Waals surface area contributed by atoms with Gasteiger partial charge in [0.15, 0.2) is 0 Å². The second-order valence-electron chi connectivity index (χ2n) is 3.12. The molecule has 0 fully saturated rings. The van der Waals surface area contributed by atoms with E-state index in [2.05, 4.69) is 10.0 Å². The van der Waals surface area contributed by atoms with E-state index in [1.165, 1.54) is 0 Å². The molecule has 0 atom stereocenters. The number of rotatable bonds is 2. The van der Waals surface area contributed by atoms with E-state index in [-0.39, 0.29) is 0 Å². The topological polar surface area (TPSA) is 61.9 Å². The van der Waals surface area contributed by atoms with Crippen LogP contribution < -0.4 is 0 Å². The molecule has 0 spiro atoms. The normalized spacial score (nSPS) is 9.67. The average Bonchev–Trinajstić information content (AvgIpc) is 2.66. The summed E-state index contributed by atoms with van der Waals surface area (Å²) >= 11 is 0. The van der Waals surface area contributed by atoms with Gasteiger partial charge in [-0.3, -0.25) is 0 Å². The second-order valence-corrected chi connectivity index (χ2v) is 3.12. The molecule has 0 amide bonds. The summed E-state index contributed by atoms with van der Waals surface area (Å²) < 4.78 is 5.47. The largest absolute Gasteiger partial charge is 0.461 e. The highest BCUT2D eigenvalue weighted by Crippen LogP contribution is 2.31. The van der Waals surface area contributed by atoms with Crippen molar-refractivity contribution in [1.29, 1.82) is 0 Å². The number of hydrogen-bond acceptors (Lipinski definition) is 2. The first-order valence-electron chi connectivity index (χ1n) is 4.52. The van der Waals surface area contributed by atoms with Gasteiger partial charge in [-0.15, -0.1) is 0 Å². The van der Waals surface area contributed by atoms with E-state index in [4.69, 9.17) is 9.95 Å². The van der Waals surface area contributed by atoms with Crippen molar-refractivity contribution < 1.29 is 4.42 Å². The zero-order valence-corrected chi connectivity index (χ0v) is 8.21. The van der Waals surface area contributed by atoms with Gasteiger partial charge >= 0.3 is 0 Å². The third kappa shape index (κ3) is 1.85. The molecule has 0 bridgehead atoms. The molecule has 1 heterocycles. The Morgan fingerprint density at radius 2 is 2.00 bits per heavy atom. The first-order valence-corrected chi connectivity index (χ1v) is 4.52. The lowest BCUT2D eigenvalue weighted by Gasteiger charge is -2.00. The molecule has 0 N–H and O–H groups in total. The summed E-state index contributed by atoms with van der Waals surface area (Å²) in [7, 11) is 0. The zero-order valence-electron chi connectivity index (χ0n) is 8.21. The lowest BCUT2D eigenvalue weighted by atomic mass is 10.1. The fourth-order valence-corrected chi connectivity index (χ4v) is 1.40. The molecule has 15 heavy (non-hydrogen) atoms. The maximum atomic E-state index is 8.42. The molecule has 74 valence electrons. The van der Waals surface area contributed by atoms with E-state index in [0.717, 1.165) is 17.1 Å². The Labute approximate surface area is 86.8 Å². The van der Waals surface area contributed by atoms with Gasteiger partial charge in [-0.25, -0.2) is 0 Å². The maximum absolute atomic E-state index is 8.42. The van der Waals surface area contributed by atoms with Gasteiger partial charge in [0, 0.05) is 16.2 Å². The van der Waals surface area contributed by atoms with Crippen LogP contribution in [0.1, 0.15) is 5.76 Å². The van der Waals surface area contributed by atoms with Crippen LogP contribution in [0.25, 0.3) is 21.8 Å². The number of azide groups is 1. The average molecular weight is 199 g/mol. The molecule has 1 aromatic heterocycles. The summed E-state index contributed by atoms with van der Waals surface area (Å²) in [4.78, 5) is 2.78.